The molecule has 14 aromatic carbocycles. The van der Waals surface area contributed by atoms with E-state index in [1.165, 1.54) is 114 Å². The first-order valence-corrected chi connectivity index (χ1v) is 27.4. The Labute approximate surface area is 458 Å². The summed E-state index contributed by atoms with van der Waals surface area (Å²) in [5, 5.41) is 20.0. The molecule has 18 aromatic rings. The topological polar surface area (TPSA) is 36.1 Å². The summed E-state index contributed by atoms with van der Waals surface area (Å²) >= 11 is 0. The maximum absolute atomic E-state index is 6.21. The van der Waals surface area contributed by atoms with Gasteiger partial charge in [-0.1, -0.05) is 206 Å². The number of aromatic nitrogens is 2. The van der Waals surface area contributed by atoms with E-state index in [1.807, 2.05) is 24.3 Å². The minimum Gasteiger partial charge on any atom is -0.456 e. The van der Waals surface area contributed by atoms with Crippen LogP contribution in [-0.2, 0) is 0 Å². The van der Waals surface area contributed by atoms with Gasteiger partial charge in [-0.15, -0.1) is 0 Å². The third kappa shape index (κ3) is 6.63. The summed E-state index contributed by atoms with van der Waals surface area (Å²) in [7, 11) is 0. The van der Waals surface area contributed by atoms with Crippen LogP contribution in [0.15, 0.2) is 288 Å². The number of rotatable bonds is 4. The van der Waals surface area contributed by atoms with E-state index in [1.54, 1.807) is 0 Å². The van der Waals surface area contributed by atoms with Crippen LogP contribution in [0.1, 0.15) is 0 Å². The van der Waals surface area contributed by atoms with Gasteiger partial charge < -0.3 is 18.0 Å². The summed E-state index contributed by atoms with van der Waals surface area (Å²) in [5.74, 6) is 0. The lowest BCUT2D eigenvalue weighted by molar-refractivity contribution is 0.668. The Morgan fingerprint density at radius 2 is 0.562 bits per heavy atom. The number of fused-ring (bicyclic) bond motifs is 20. The van der Waals surface area contributed by atoms with Crippen molar-refractivity contribution in [2.24, 2.45) is 0 Å². The summed E-state index contributed by atoms with van der Waals surface area (Å²) in [6.07, 6.45) is 0. The summed E-state index contributed by atoms with van der Waals surface area (Å²) < 4.78 is 17.2. The second-order valence-electron chi connectivity index (χ2n) is 21.0. The van der Waals surface area contributed by atoms with Crippen molar-refractivity contribution in [3.8, 4) is 33.6 Å². The molecule has 0 saturated heterocycles. The predicted octanol–water partition coefficient (Wildman–Crippen LogP) is 21.3. The zero-order chi connectivity index (χ0) is 52.4. The number of hydrogen-bond donors (Lipinski definition) is 0. The van der Waals surface area contributed by atoms with Crippen LogP contribution in [0.4, 0.5) is 0 Å². The highest BCUT2D eigenvalue weighted by Crippen LogP contribution is 2.45. The van der Waals surface area contributed by atoms with E-state index in [-0.39, 0.29) is 0 Å². The average Bonchev–Trinajstić information content (AvgIpc) is 4.41. The molecular formula is C76H46N2O2. The van der Waals surface area contributed by atoms with Gasteiger partial charge in [0.05, 0.1) is 22.1 Å². The summed E-state index contributed by atoms with van der Waals surface area (Å²) in [4.78, 5) is 0. The molecule has 18 rings (SSSR count). The van der Waals surface area contributed by atoms with E-state index in [0.717, 1.165) is 49.9 Å². The number of para-hydroxylation sites is 2. The van der Waals surface area contributed by atoms with Gasteiger partial charge in [0, 0.05) is 54.5 Å². The van der Waals surface area contributed by atoms with Gasteiger partial charge in [-0.2, -0.15) is 0 Å². The number of nitrogens with zero attached hydrogens (tertiary/aromatic N) is 2. The van der Waals surface area contributed by atoms with E-state index >= 15 is 0 Å². The van der Waals surface area contributed by atoms with E-state index < -0.39 is 0 Å². The molecule has 0 unspecified atom stereocenters. The lowest BCUT2D eigenvalue weighted by Crippen LogP contribution is -1.94. The number of benzene rings is 14. The van der Waals surface area contributed by atoms with Crippen molar-refractivity contribution in [3.63, 3.8) is 0 Å². The molecule has 0 atom stereocenters. The Morgan fingerprint density at radius 1 is 0.212 bits per heavy atom. The maximum atomic E-state index is 6.21. The van der Waals surface area contributed by atoms with Crippen molar-refractivity contribution in [1.29, 1.82) is 0 Å². The molecule has 4 heterocycles. The maximum Gasteiger partial charge on any atom is 0.136 e. The van der Waals surface area contributed by atoms with Crippen molar-refractivity contribution < 1.29 is 8.83 Å². The van der Waals surface area contributed by atoms with Crippen LogP contribution in [-0.4, -0.2) is 9.13 Å². The molecule has 0 amide bonds. The van der Waals surface area contributed by atoms with Crippen molar-refractivity contribution >= 4 is 131 Å². The van der Waals surface area contributed by atoms with Crippen LogP contribution in [0, 0.1) is 0 Å². The molecule has 0 aliphatic carbocycles. The van der Waals surface area contributed by atoms with Crippen LogP contribution in [0.5, 0.6) is 0 Å². The normalized spacial score (nSPS) is 12.0. The molecule has 4 heteroatoms. The Balaban J connectivity index is 0.000000128. The molecule has 0 aliphatic heterocycles. The first-order chi connectivity index (χ1) is 39.7. The minimum atomic E-state index is 0.916. The van der Waals surface area contributed by atoms with Crippen LogP contribution < -0.4 is 0 Å². The molecule has 372 valence electrons. The monoisotopic (exact) mass is 1020 g/mol. The lowest BCUT2D eigenvalue weighted by atomic mass is 9.99. The van der Waals surface area contributed by atoms with Crippen molar-refractivity contribution in [2.75, 3.05) is 0 Å². The zero-order valence-corrected chi connectivity index (χ0v) is 43.3. The van der Waals surface area contributed by atoms with Crippen LogP contribution in [0.2, 0.25) is 0 Å². The first kappa shape index (κ1) is 44.4. The Bertz CT molecular complexity index is 5370. The van der Waals surface area contributed by atoms with Gasteiger partial charge in [-0.25, -0.2) is 0 Å². The number of furan rings is 2. The SMILES string of the molecule is c1cc(-c2cccc3oc4ccccc4c23)cc(-n2c3ccc4ccccc4c3c3c4ccccc4ccc32)c1.c1ccc2c(c1)ccc1c2c2c3ccccc3ccc2n1-c1ccc(-c2cccc3oc4ccccc4c23)cc1. The molecule has 0 N–H and O–H groups in total. The Morgan fingerprint density at radius 3 is 1.00 bits per heavy atom. The van der Waals surface area contributed by atoms with Crippen molar-refractivity contribution in [2.45, 2.75) is 0 Å². The minimum absolute atomic E-state index is 0.916. The lowest BCUT2D eigenvalue weighted by Gasteiger charge is -2.11. The molecule has 0 aliphatic rings. The van der Waals surface area contributed by atoms with Gasteiger partial charge in [0.25, 0.3) is 0 Å². The van der Waals surface area contributed by atoms with Gasteiger partial charge in [-0.3, -0.25) is 0 Å². The second-order valence-corrected chi connectivity index (χ2v) is 21.0. The van der Waals surface area contributed by atoms with Gasteiger partial charge >= 0.3 is 0 Å². The summed E-state index contributed by atoms with van der Waals surface area (Å²) in [6.45, 7) is 0. The fourth-order valence-electron chi connectivity index (χ4n) is 13.3. The molecule has 0 fully saturated rings. The predicted molar refractivity (Wildman–Crippen MR) is 337 cm³/mol. The Hall–Kier alpha value is -10.7. The molecule has 4 nitrogen and oxygen atoms in total. The highest BCUT2D eigenvalue weighted by atomic mass is 16.3. The van der Waals surface area contributed by atoms with E-state index in [4.69, 9.17) is 8.83 Å². The van der Waals surface area contributed by atoms with Crippen LogP contribution in [0.3, 0.4) is 0 Å². The van der Waals surface area contributed by atoms with E-state index in [2.05, 4.69) is 264 Å². The summed E-state index contributed by atoms with van der Waals surface area (Å²) in [6, 6.07) is 100. The quantitative estimate of drug-likeness (QED) is 0.176. The highest BCUT2D eigenvalue weighted by Gasteiger charge is 2.21. The number of hydrogen-bond acceptors (Lipinski definition) is 2. The molecule has 4 aromatic heterocycles. The zero-order valence-electron chi connectivity index (χ0n) is 43.3. The Kier molecular flexibility index (Phi) is 9.68. The molecule has 0 radical (unpaired) electrons. The standard InChI is InChI=1S/2C38H23NO/c1-3-13-28-24(9-1)19-21-32-37(28)38-29-14-4-2-10-25(29)20-22-33(38)39(32)27-12-7-11-26(23-27)30-16-8-18-35-36(30)31-15-5-6-17-34(31)40-35;1-3-10-29-24(8-1)18-22-32-37(29)38-30-11-4-2-9-25(30)19-23-33(38)39(32)27-20-16-26(17-21-27)28-13-7-15-35-36(28)31-12-5-6-14-34(31)40-35/h2*1-23H. The average molecular weight is 1020 g/mol. The smallest absolute Gasteiger partial charge is 0.136 e. The fourth-order valence-corrected chi connectivity index (χ4v) is 13.3. The van der Waals surface area contributed by atoms with Gasteiger partial charge in [-0.05, 0) is 138 Å². The third-order valence-electron chi connectivity index (χ3n) is 16.7. The second kappa shape index (κ2) is 17.4. The third-order valence-corrected chi connectivity index (χ3v) is 16.7. The van der Waals surface area contributed by atoms with Gasteiger partial charge in [0.15, 0.2) is 0 Å². The van der Waals surface area contributed by atoms with E-state index in [9.17, 15) is 0 Å². The molecule has 0 bridgehead atoms. The van der Waals surface area contributed by atoms with Crippen molar-refractivity contribution in [1.82, 2.24) is 9.13 Å². The molecule has 80 heavy (non-hydrogen) atoms. The van der Waals surface area contributed by atoms with Crippen LogP contribution in [0.25, 0.3) is 164 Å². The molecule has 0 spiro atoms. The molecule has 0 saturated carbocycles. The first-order valence-electron chi connectivity index (χ1n) is 27.4. The van der Waals surface area contributed by atoms with Crippen LogP contribution >= 0.6 is 0 Å². The van der Waals surface area contributed by atoms with Crippen molar-refractivity contribution in [3.05, 3.63) is 279 Å². The van der Waals surface area contributed by atoms with E-state index in [0.29, 0.717) is 0 Å². The summed E-state index contributed by atoms with van der Waals surface area (Å²) in [5.41, 5.74) is 15.6. The fraction of sp³-hybridized carbons (Fsp3) is 0. The highest BCUT2D eigenvalue weighted by molar-refractivity contribution is 6.30. The van der Waals surface area contributed by atoms with Gasteiger partial charge in [0.1, 0.15) is 22.3 Å². The van der Waals surface area contributed by atoms with Gasteiger partial charge in [0.2, 0.25) is 0 Å². The molecular weight excluding hydrogens is 973 g/mol. The largest absolute Gasteiger partial charge is 0.456 e.